The molecule has 0 spiro atoms. The highest BCUT2D eigenvalue weighted by Crippen LogP contribution is 2.54. The molecule has 48 heavy (non-hydrogen) atoms. The molecule has 0 heteroatoms. The maximum atomic E-state index is 2.41. The van der Waals surface area contributed by atoms with Crippen molar-refractivity contribution in [1.82, 2.24) is 0 Å². The summed E-state index contributed by atoms with van der Waals surface area (Å²) in [6.07, 6.45) is 0. The van der Waals surface area contributed by atoms with E-state index in [0.717, 1.165) is 0 Å². The summed E-state index contributed by atoms with van der Waals surface area (Å²) < 4.78 is 0. The molecule has 0 amide bonds. The van der Waals surface area contributed by atoms with Crippen LogP contribution >= 0.6 is 0 Å². The van der Waals surface area contributed by atoms with Crippen molar-refractivity contribution >= 4 is 0 Å². The van der Waals surface area contributed by atoms with E-state index in [2.05, 4.69) is 166 Å². The summed E-state index contributed by atoms with van der Waals surface area (Å²) in [7, 11) is 0. The summed E-state index contributed by atoms with van der Waals surface area (Å²) in [5, 5.41) is 0. The van der Waals surface area contributed by atoms with Crippen molar-refractivity contribution < 1.29 is 0 Å². The first-order valence-electron chi connectivity index (χ1n) is 17.5. The molecule has 0 saturated heterocycles. The fourth-order valence-electron chi connectivity index (χ4n) is 8.94. The molecule has 0 nitrogen and oxygen atoms in total. The second kappa shape index (κ2) is 10.4. The van der Waals surface area contributed by atoms with Crippen LogP contribution in [0, 0.1) is 41.5 Å². The van der Waals surface area contributed by atoms with Gasteiger partial charge in [0, 0.05) is 10.8 Å². The van der Waals surface area contributed by atoms with Gasteiger partial charge in [-0.3, -0.25) is 0 Å². The molecule has 0 atom stereocenters. The van der Waals surface area contributed by atoms with E-state index < -0.39 is 0 Å². The first-order valence-corrected chi connectivity index (χ1v) is 17.5. The maximum absolute atomic E-state index is 2.41. The molecular weight excluding hydrogens is 577 g/mol. The Bertz CT molecular complexity index is 2170. The largest absolute Gasteiger partial charge is 0.0587 e. The number of rotatable bonds is 3. The summed E-state index contributed by atoms with van der Waals surface area (Å²) in [6, 6.07) is 37.8. The molecule has 6 aromatic rings. The van der Waals surface area contributed by atoms with Crippen molar-refractivity contribution in [2.75, 3.05) is 0 Å². The van der Waals surface area contributed by atoms with Gasteiger partial charge in [0.05, 0.1) is 0 Å². The first kappa shape index (κ1) is 30.6. The van der Waals surface area contributed by atoms with Crippen LogP contribution in [0.1, 0.15) is 83.3 Å². The van der Waals surface area contributed by atoms with Crippen molar-refractivity contribution in [3.05, 3.63) is 153 Å². The van der Waals surface area contributed by atoms with Crippen LogP contribution < -0.4 is 0 Å². The first-order chi connectivity index (χ1) is 22.8. The quantitative estimate of drug-likeness (QED) is 0.184. The third-order valence-corrected chi connectivity index (χ3v) is 11.5. The van der Waals surface area contributed by atoms with Gasteiger partial charge in [-0.15, -0.1) is 0 Å². The average molecular weight is 623 g/mol. The van der Waals surface area contributed by atoms with Gasteiger partial charge < -0.3 is 0 Å². The van der Waals surface area contributed by atoms with Crippen molar-refractivity contribution in [3.8, 4) is 55.6 Å². The zero-order chi connectivity index (χ0) is 33.9. The minimum atomic E-state index is -0.0144. The Morgan fingerprint density at radius 1 is 0.312 bits per heavy atom. The summed E-state index contributed by atoms with van der Waals surface area (Å²) >= 11 is 0. The Morgan fingerprint density at radius 3 is 1.04 bits per heavy atom. The third kappa shape index (κ3) is 4.42. The molecule has 0 aliphatic heterocycles. The van der Waals surface area contributed by atoms with Crippen LogP contribution in [0.15, 0.2) is 97.1 Å². The SMILES string of the molecule is Cc1ccc2c(c1)C(C)(C)c1cc(C)cc(-c3ccc(-c4ccc(-c5cc(C)cc6c5-c5ccc(C)cc5C6(C)C)cc4C)c(C)c3)c1-2. The van der Waals surface area contributed by atoms with Crippen molar-refractivity contribution in [2.45, 2.75) is 80.1 Å². The Labute approximate surface area is 287 Å². The van der Waals surface area contributed by atoms with Crippen LogP contribution in [0.5, 0.6) is 0 Å². The molecule has 0 radical (unpaired) electrons. The number of aryl methyl sites for hydroxylation is 6. The van der Waals surface area contributed by atoms with Crippen LogP contribution in [-0.4, -0.2) is 0 Å². The van der Waals surface area contributed by atoms with E-state index in [9.17, 15) is 0 Å². The maximum Gasteiger partial charge on any atom is 0.0159 e. The Morgan fingerprint density at radius 2 is 0.667 bits per heavy atom. The van der Waals surface area contributed by atoms with Crippen LogP contribution in [0.4, 0.5) is 0 Å². The fourth-order valence-corrected chi connectivity index (χ4v) is 8.94. The number of hydrogen-bond donors (Lipinski definition) is 0. The molecule has 0 unspecified atom stereocenters. The summed E-state index contributed by atoms with van der Waals surface area (Å²) in [5.74, 6) is 0. The van der Waals surface area contributed by atoms with Crippen molar-refractivity contribution in [3.63, 3.8) is 0 Å². The van der Waals surface area contributed by atoms with E-state index in [1.807, 2.05) is 0 Å². The molecule has 238 valence electrons. The van der Waals surface area contributed by atoms with Gasteiger partial charge >= 0.3 is 0 Å². The molecule has 0 N–H and O–H groups in total. The minimum Gasteiger partial charge on any atom is -0.0587 e. The predicted molar refractivity (Wildman–Crippen MR) is 206 cm³/mol. The summed E-state index contributed by atoms with van der Waals surface area (Å²) in [4.78, 5) is 0. The highest BCUT2D eigenvalue weighted by Gasteiger charge is 2.38. The lowest BCUT2D eigenvalue weighted by atomic mass is 9.80. The lowest BCUT2D eigenvalue weighted by Gasteiger charge is -2.23. The topological polar surface area (TPSA) is 0 Å². The molecule has 2 aliphatic rings. The third-order valence-electron chi connectivity index (χ3n) is 11.5. The molecule has 6 aromatic carbocycles. The van der Waals surface area contributed by atoms with Gasteiger partial charge in [0.15, 0.2) is 0 Å². The van der Waals surface area contributed by atoms with Crippen molar-refractivity contribution in [2.24, 2.45) is 0 Å². The van der Waals surface area contributed by atoms with Gasteiger partial charge in [0.1, 0.15) is 0 Å². The molecule has 0 bridgehead atoms. The molecule has 0 heterocycles. The molecule has 0 fully saturated rings. The highest BCUT2D eigenvalue weighted by atomic mass is 14.4. The smallest absolute Gasteiger partial charge is 0.0159 e. The fraction of sp³-hybridized carbons (Fsp3) is 0.250. The van der Waals surface area contributed by atoms with Gasteiger partial charge in [-0.1, -0.05) is 147 Å². The molecular formula is C48H46. The van der Waals surface area contributed by atoms with Crippen LogP contribution in [-0.2, 0) is 10.8 Å². The number of hydrogen-bond acceptors (Lipinski definition) is 0. The van der Waals surface area contributed by atoms with E-state index in [1.54, 1.807) is 0 Å². The lowest BCUT2D eigenvalue weighted by molar-refractivity contribution is 0.659. The summed E-state index contributed by atoms with van der Waals surface area (Å²) in [6.45, 7) is 23.0. The van der Waals surface area contributed by atoms with E-state index in [0.29, 0.717) is 0 Å². The average Bonchev–Trinajstić information content (AvgIpc) is 3.39. The van der Waals surface area contributed by atoms with Gasteiger partial charge in [-0.2, -0.15) is 0 Å². The normalized spacial score (nSPS) is 14.8. The van der Waals surface area contributed by atoms with Gasteiger partial charge in [-0.05, 0) is 131 Å². The lowest BCUT2D eigenvalue weighted by Crippen LogP contribution is -2.15. The Balaban J connectivity index is 1.21. The highest BCUT2D eigenvalue weighted by molar-refractivity contribution is 5.95. The zero-order valence-corrected chi connectivity index (χ0v) is 30.2. The minimum absolute atomic E-state index is 0.0144. The second-order valence-corrected chi connectivity index (χ2v) is 15.9. The van der Waals surface area contributed by atoms with Crippen LogP contribution in [0.2, 0.25) is 0 Å². The Hall–Kier alpha value is -4.68. The van der Waals surface area contributed by atoms with E-state index in [1.165, 1.54) is 111 Å². The van der Waals surface area contributed by atoms with Crippen LogP contribution in [0.3, 0.4) is 0 Å². The predicted octanol–water partition coefficient (Wildman–Crippen LogP) is 13.2. The number of benzene rings is 6. The molecule has 8 rings (SSSR count). The second-order valence-electron chi connectivity index (χ2n) is 15.9. The summed E-state index contributed by atoms with van der Waals surface area (Å²) in [5.41, 5.74) is 27.1. The standard InChI is InChI=1S/C48H46/c1-27-11-15-37-41(21-27)47(7,8)43-23-29(3)19-39(45(37)43)33-13-17-35(31(5)25-33)36-18-14-34(26-32(36)6)40-20-30(4)24-44-46(40)38-16-12-28(2)22-42(38)48(44,9)10/h11-26H,1-10H3. The van der Waals surface area contributed by atoms with E-state index >= 15 is 0 Å². The Kier molecular flexibility index (Phi) is 6.64. The van der Waals surface area contributed by atoms with Gasteiger partial charge in [-0.25, -0.2) is 0 Å². The van der Waals surface area contributed by atoms with E-state index in [-0.39, 0.29) is 10.8 Å². The van der Waals surface area contributed by atoms with Gasteiger partial charge in [0.25, 0.3) is 0 Å². The van der Waals surface area contributed by atoms with Crippen LogP contribution in [0.25, 0.3) is 55.6 Å². The van der Waals surface area contributed by atoms with Gasteiger partial charge in [0.2, 0.25) is 0 Å². The number of fused-ring (bicyclic) bond motifs is 6. The monoisotopic (exact) mass is 622 g/mol. The van der Waals surface area contributed by atoms with E-state index in [4.69, 9.17) is 0 Å². The molecule has 2 aliphatic carbocycles. The molecule has 0 aromatic heterocycles. The molecule has 0 saturated carbocycles. The zero-order valence-electron chi connectivity index (χ0n) is 30.2. The van der Waals surface area contributed by atoms with Crippen molar-refractivity contribution in [1.29, 1.82) is 0 Å².